The number of benzene rings is 1. The van der Waals surface area contributed by atoms with Crippen LogP contribution in [0.5, 0.6) is 0 Å². The Morgan fingerprint density at radius 1 is 1.61 bits per heavy atom. The molecule has 0 radical (unpaired) electrons. The Balaban J connectivity index is 2.15. The first-order chi connectivity index (χ1) is 8.52. The lowest BCUT2D eigenvalue weighted by atomic mass is 10.1. The number of esters is 1. The number of nitrogen functional groups attached to an aromatic ring is 1. The highest BCUT2D eigenvalue weighted by Crippen LogP contribution is 2.37. The molecule has 0 amide bonds. The van der Waals surface area contributed by atoms with E-state index >= 15 is 0 Å². The molecule has 2 atom stereocenters. The highest BCUT2D eigenvalue weighted by atomic mass is 19.1. The molecule has 1 saturated carbocycles. The lowest BCUT2D eigenvalue weighted by Crippen LogP contribution is -2.10. The van der Waals surface area contributed by atoms with Gasteiger partial charge in [0.25, 0.3) is 0 Å². The lowest BCUT2D eigenvalue weighted by Gasteiger charge is -2.10. The van der Waals surface area contributed by atoms with Gasteiger partial charge >= 0.3 is 5.97 Å². The minimum atomic E-state index is -0.560. The minimum Gasteiger partial charge on any atom is -0.465 e. The van der Waals surface area contributed by atoms with E-state index in [-0.39, 0.29) is 11.3 Å². The Hall–Kier alpha value is -1.78. The number of carbonyl (C=O) groups excluding carboxylic acids is 1. The number of nitrogens with one attached hydrogen (secondary N) is 1. The van der Waals surface area contributed by atoms with E-state index in [0.29, 0.717) is 24.1 Å². The van der Waals surface area contributed by atoms with Gasteiger partial charge < -0.3 is 15.8 Å². The predicted molar refractivity (Wildman–Crippen MR) is 67.9 cm³/mol. The number of rotatable bonds is 4. The topological polar surface area (TPSA) is 64.3 Å². The summed E-state index contributed by atoms with van der Waals surface area (Å²) in [6, 6.07) is 2.55. The second-order valence-electron chi connectivity index (χ2n) is 4.76. The summed E-state index contributed by atoms with van der Waals surface area (Å²) in [5.41, 5.74) is 6.16. The molecule has 3 N–H and O–H groups in total. The van der Waals surface area contributed by atoms with Crippen molar-refractivity contribution >= 4 is 17.3 Å². The van der Waals surface area contributed by atoms with E-state index in [2.05, 4.69) is 17.0 Å². The highest BCUT2D eigenvalue weighted by molar-refractivity contribution is 5.96. The lowest BCUT2D eigenvalue weighted by molar-refractivity contribution is 0.0602. The normalized spacial score (nSPS) is 21.5. The molecule has 2 rings (SSSR count). The van der Waals surface area contributed by atoms with Crippen LogP contribution in [0.3, 0.4) is 0 Å². The molecule has 0 spiro atoms. The van der Waals surface area contributed by atoms with Crippen molar-refractivity contribution in [3.05, 3.63) is 23.5 Å². The maximum absolute atomic E-state index is 13.7. The van der Waals surface area contributed by atoms with Crippen LogP contribution in [-0.4, -0.2) is 19.6 Å². The number of halogens is 1. The molecule has 4 nitrogen and oxygen atoms in total. The van der Waals surface area contributed by atoms with Crippen LogP contribution in [0.1, 0.15) is 23.7 Å². The van der Waals surface area contributed by atoms with Gasteiger partial charge in [0.05, 0.1) is 18.4 Å². The van der Waals surface area contributed by atoms with Gasteiger partial charge in [-0.25, -0.2) is 9.18 Å². The van der Waals surface area contributed by atoms with Crippen molar-refractivity contribution in [1.29, 1.82) is 0 Å². The predicted octanol–water partition coefficient (Wildman–Crippen LogP) is 2.26. The smallest absolute Gasteiger partial charge is 0.340 e. The van der Waals surface area contributed by atoms with Crippen molar-refractivity contribution in [2.24, 2.45) is 11.8 Å². The molecule has 1 aliphatic rings. The van der Waals surface area contributed by atoms with E-state index < -0.39 is 11.8 Å². The molecular weight excluding hydrogens is 235 g/mol. The van der Waals surface area contributed by atoms with Crippen molar-refractivity contribution in [2.75, 3.05) is 24.7 Å². The van der Waals surface area contributed by atoms with Crippen LogP contribution in [-0.2, 0) is 4.74 Å². The molecule has 0 heterocycles. The van der Waals surface area contributed by atoms with Crippen LogP contribution in [0.4, 0.5) is 15.8 Å². The van der Waals surface area contributed by atoms with Gasteiger partial charge in [0, 0.05) is 12.2 Å². The maximum atomic E-state index is 13.7. The Morgan fingerprint density at radius 3 is 2.83 bits per heavy atom. The quantitative estimate of drug-likeness (QED) is 0.637. The van der Waals surface area contributed by atoms with Crippen LogP contribution in [0.15, 0.2) is 12.1 Å². The van der Waals surface area contributed by atoms with Crippen molar-refractivity contribution in [2.45, 2.75) is 13.3 Å². The SMILES string of the molecule is COC(=O)c1cc(NCC2CC2C)c(F)cc1N. The first-order valence-corrected chi connectivity index (χ1v) is 5.94. The summed E-state index contributed by atoms with van der Waals surface area (Å²) in [5.74, 6) is 0.266. The molecule has 1 fully saturated rings. The van der Waals surface area contributed by atoms with E-state index in [1.807, 2.05) is 0 Å². The van der Waals surface area contributed by atoms with E-state index in [4.69, 9.17) is 5.73 Å². The molecule has 18 heavy (non-hydrogen) atoms. The fourth-order valence-electron chi connectivity index (χ4n) is 1.94. The minimum absolute atomic E-state index is 0.0877. The second kappa shape index (κ2) is 4.84. The average molecular weight is 252 g/mol. The summed E-state index contributed by atoms with van der Waals surface area (Å²) in [5, 5.41) is 3.01. The van der Waals surface area contributed by atoms with Crippen molar-refractivity contribution in [3.63, 3.8) is 0 Å². The van der Waals surface area contributed by atoms with Crippen molar-refractivity contribution in [1.82, 2.24) is 0 Å². The number of ether oxygens (including phenoxy) is 1. The van der Waals surface area contributed by atoms with Gasteiger partial charge in [0.1, 0.15) is 5.82 Å². The van der Waals surface area contributed by atoms with Gasteiger partial charge in [0.2, 0.25) is 0 Å². The van der Waals surface area contributed by atoms with Crippen molar-refractivity contribution < 1.29 is 13.9 Å². The van der Waals surface area contributed by atoms with Crippen LogP contribution < -0.4 is 11.1 Å². The average Bonchev–Trinajstić information content (AvgIpc) is 3.03. The molecule has 1 aromatic carbocycles. The molecular formula is C13H17FN2O2. The number of methoxy groups -OCH3 is 1. The Bertz CT molecular complexity index is 476. The molecule has 0 aliphatic heterocycles. The summed E-state index contributed by atoms with van der Waals surface area (Å²) in [7, 11) is 1.27. The molecule has 0 saturated heterocycles. The molecule has 2 unspecified atom stereocenters. The summed E-state index contributed by atoms with van der Waals surface area (Å²) in [4.78, 5) is 11.4. The molecule has 5 heteroatoms. The summed E-state index contributed by atoms with van der Waals surface area (Å²) in [6.07, 6.45) is 1.16. The third kappa shape index (κ3) is 2.55. The van der Waals surface area contributed by atoms with E-state index in [1.54, 1.807) is 0 Å². The number of hydrogen-bond donors (Lipinski definition) is 2. The Kier molecular flexibility index (Phi) is 3.41. The third-order valence-electron chi connectivity index (χ3n) is 3.38. The molecule has 1 aromatic rings. The Labute approximate surface area is 105 Å². The van der Waals surface area contributed by atoms with E-state index in [1.165, 1.54) is 13.2 Å². The zero-order valence-corrected chi connectivity index (χ0v) is 10.5. The van der Waals surface area contributed by atoms with E-state index in [0.717, 1.165) is 12.5 Å². The maximum Gasteiger partial charge on any atom is 0.340 e. The van der Waals surface area contributed by atoms with Crippen LogP contribution >= 0.6 is 0 Å². The highest BCUT2D eigenvalue weighted by Gasteiger charge is 2.32. The van der Waals surface area contributed by atoms with Crippen LogP contribution in [0.2, 0.25) is 0 Å². The fourth-order valence-corrected chi connectivity index (χ4v) is 1.94. The third-order valence-corrected chi connectivity index (χ3v) is 3.38. The van der Waals surface area contributed by atoms with Crippen LogP contribution in [0, 0.1) is 17.7 Å². The molecule has 1 aliphatic carbocycles. The van der Waals surface area contributed by atoms with Crippen molar-refractivity contribution in [3.8, 4) is 0 Å². The zero-order valence-electron chi connectivity index (χ0n) is 10.5. The van der Waals surface area contributed by atoms with Gasteiger partial charge in [-0.3, -0.25) is 0 Å². The van der Waals surface area contributed by atoms with Gasteiger partial charge in [0.15, 0.2) is 0 Å². The summed E-state index contributed by atoms with van der Waals surface area (Å²) < 4.78 is 18.3. The largest absolute Gasteiger partial charge is 0.465 e. The van der Waals surface area contributed by atoms with Crippen LogP contribution in [0.25, 0.3) is 0 Å². The summed E-state index contributed by atoms with van der Waals surface area (Å²) >= 11 is 0. The Morgan fingerprint density at radius 2 is 2.28 bits per heavy atom. The van der Waals surface area contributed by atoms with E-state index in [9.17, 15) is 9.18 Å². The molecule has 98 valence electrons. The first kappa shape index (κ1) is 12.7. The monoisotopic (exact) mass is 252 g/mol. The number of anilines is 2. The van der Waals surface area contributed by atoms with Gasteiger partial charge in [-0.15, -0.1) is 0 Å². The van der Waals surface area contributed by atoms with Gasteiger partial charge in [-0.2, -0.15) is 0 Å². The molecule has 0 aromatic heterocycles. The first-order valence-electron chi connectivity index (χ1n) is 5.94. The number of nitrogens with two attached hydrogens (primary N) is 1. The standard InChI is InChI=1S/C13H17FN2O2/c1-7-3-8(7)6-16-12-4-9(13(17)18-2)11(15)5-10(12)14/h4-5,7-8,16H,3,6,15H2,1-2H3. The molecule has 0 bridgehead atoms. The van der Waals surface area contributed by atoms with Gasteiger partial charge in [-0.05, 0) is 30.4 Å². The van der Waals surface area contributed by atoms with Gasteiger partial charge in [-0.1, -0.05) is 6.92 Å². The number of hydrogen-bond acceptors (Lipinski definition) is 4. The summed E-state index contributed by atoms with van der Waals surface area (Å²) in [6.45, 7) is 2.87. The fraction of sp³-hybridized carbons (Fsp3) is 0.462. The number of carbonyl (C=O) groups is 1. The second-order valence-corrected chi connectivity index (χ2v) is 4.76. The zero-order chi connectivity index (χ0) is 13.3.